The van der Waals surface area contributed by atoms with E-state index in [4.69, 9.17) is 0 Å². The van der Waals surface area contributed by atoms with Gasteiger partial charge in [-0.2, -0.15) is 0 Å². The van der Waals surface area contributed by atoms with Crippen LogP contribution >= 0.6 is 0 Å². The highest BCUT2D eigenvalue weighted by molar-refractivity contribution is 5.77. The van der Waals surface area contributed by atoms with Crippen LogP contribution in [0.5, 0.6) is 0 Å². The third-order valence-corrected chi connectivity index (χ3v) is 3.39. The van der Waals surface area contributed by atoms with E-state index in [2.05, 4.69) is 0 Å². The van der Waals surface area contributed by atoms with Gasteiger partial charge in [-0.3, -0.25) is 4.79 Å². The summed E-state index contributed by atoms with van der Waals surface area (Å²) in [6, 6.07) is 0. The van der Waals surface area contributed by atoms with E-state index < -0.39 is 5.92 Å². The van der Waals surface area contributed by atoms with Gasteiger partial charge in [0.25, 0.3) is 5.92 Å². The fourth-order valence-electron chi connectivity index (χ4n) is 2.46. The second-order valence-electron chi connectivity index (χ2n) is 4.81. The molecule has 0 bridgehead atoms. The Morgan fingerprint density at radius 3 is 2.33 bits per heavy atom. The molecule has 1 aliphatic carbocycles. The molecule has 4 heteroatoms. The molecule has 0 aromatic heterocycles. The number of halogens is 2. The van der Waals surface area contributed by atoms with Gasteiger partial charge in [0.1, 0.15) is 0 Å². The Bertz CT molecular complexity index is 241. The molecular weight excluding hydrogens is 200 g/mol. The molecule has 0 aromatic carbocycles. The Hall–Kier alpha value is -0.670. The number of rotatable bonds is 2. The number of carbonyl (C=O) groups excluding carboxylic acids is 1. The molecule has 1 heterocycles. The van der Waals surface area contributed by atoms with E-state index in [-0.39, 0.29) is 19.0 Å². The minimum atomic E-state index is -2.62. The third kappa shape index (κ3) is 2.67. The third-order valence-electron chi connectivity index (χ3n) is 3.39. The van der Waals surface area contributed by atoms with Crippen molar-refractivity contribution in [2.75, 3.05) is 13.1 Å². The molecule has 2 aliphatic rings. The van der Waals surface area contributed by atoms with E-state index in [9.17, 15) is 13.6 Å². The van der Waals surface area contributed by atoms with Crippen LogP contribution in [0, 0.1) is 5.92 Å². The molecule has 2 fully saturated rings. The van der Waals surface area contributed by atoms with Crippen molar-refractivity contribution in [3.63, 3.8) is 0 Å². The number of nitrogens with zero attached hydrogens (tertiary/aromatic N) is 1. The van der Waals surface area contributed by atoms with Crippen LogP contribution in [-0.2, 0) is 4.79 Å². The summed E-state index contributed by atoms with van der Waals surface area (Å²) in [4.78, 5) is 12.9. The molecule has 0 N–H and O–H groups in total. The monoisotopic (exact) mass is 217 g/mol. The summed E-state index contributed by atoms with van der Waals surface area (Å²) in [7, 11) is 0. The van der Waals surface area contributed by atoms with Crippen LogP contribution in [0.4, 0.5) is 8.78 Å². The standard InChI is InChI=1S/C11H17F2NO/c12-11(13)7-14(8-11)10(15)6-9-4-2-1-3-5-9/h9H,1-8H2. The Kier molecular flexibility index (Phi) is 2.94. The first-order valence-electron chi connectivity index (χ1n) is 5.72. The molecule has 0 aromatic rings. The summed E-state index contributed by atoms with van der Waals surface area (Å²) in [6.45, 7) is -0.725. The van der Waals surface area contributed by atoms with Crippen molar-refractivity contribution in [2.24, 2.45) is 5.92 Å². The maximum atomic E-state index is 12.5. The van der Waals surface area contributed by atoms with Crippen LogP contribution in [0.25, 0.3) is 0 Å². The summed E-state index contributed by atoms with van der Waals surface area (Å²) in [5, 5.41) is 0. The Balaban J connectivity index is 1.73. The number of alkyl halides is 2. The zero-order valence-corrected chi connectivity index (χ0v) is 8.85. The average molecular weight is 217 g/mol. The topological polar surface area (TPSA) is 20.3 Å². The van der Waals surface area contributed by atoms with Crippen molar-refractivity contribution >= 4 is 5.91 Å². The lowest BCUT2D eigenvalue weighted by Crippen LogP contribution is -2.58. The van der Waals surface area contributed by atoms with Crippen molar-refractivity contribution in [3.8, 4) is 0 Å². The molecule has 0 radical (unpaired) electrons. The minimum absolute atomic E-state index is 0.0761. The van der Waals surface area contributed by atoms with Gasteiger partial charge in [0.05, 0.1) is 13.1 Å². The highest BCUT2D eigenvalue weighted by atomic mass is 19.3. The maximum Gasteiger partial charge on any atom is 0.282 e. The highest BCUT2D eigenvalue weighted by Gasteiger charge is 2.46. The first-order valence-corrected chi connectivity index (χ1v) is 5.72. The number of carbonyl (C=O) groups is 1. The van der Waals surface area contributed by atoms with Gasteiger partial charge in [-0.25, -0.2) is 8.78 Å². The van der Waals surface area contributed by atoms with Gasteiger partial charge in [0.2, 0.25) is 5.91 Å². The molecular formula is C11H17F2NO. The average Bonchev–Trinajstić information content (AvgIpc) is 2.15. The molecule has 2 rings (SSSR count). The lowest BCUT2D eigenvalue weighted by atomic mass is 9.86. The summed E-state index contributed by atoms with van der Waals surface area (Å²) in [6.07, 6.45) is 6.30. The first kappa shape index (κ1) is 10.8. The van der Waals surface area contributed by atoms with Crippen molar-refractivity contribution in [1.82, 2.24) is 4.90 Å². The summed E-state index contributed by atoms with van der Waals surface area (Å²) >= 11 is 0. The van der Waals surface area contributed by atoms with Crippen LogP contribution in [0.3, 0.4) is 0 Å². The Morgan fingerprint density at radius 2 is 1.80 bits per heavy atom. The number of hydrogen-bond acceptors (Lipinski definition) is 1. The maximum absolute atomic E-state index is 12.5. The van der Waals surface area contributed by atoms with E-state index in [1.807, 2.05) is 0 Å². The second kappa shape index (κ2) is 4.06. The smallest absolute Gasteiger partial charge is 0.282 e. The van der Waals surface area contributed by atoms with Gasteiger partial charge in [0, 0.05) is 6.42 Å². The lowest BCUT2D eigenvalue weighted by molar-refractivity contribution is -0.166. The van der Waals surface area contributed by atoms with Gasteiger partial charge < -0.3 is 4.90 Å². The highest BCUT2D eigenvalue weighted by Crippen LogP contribution is 2.31. The van der Waals surface area contributed by atoms with E-state index in [1.54, 1.807) is 0 Å². The van der Waals surface area contributed by atoms with Crippen LogP contribution in [0.2, 0.25) is 0 Å². The van der Waals surface area contributed by atoms with Gasteiger partial charge in [-0.1, -0.05) is 19.3 Å². The number of hydrogen-bond donors (Lipinski definition) is 0. The Morgan fingerprint density at radius 1 is 1.20 bits per heavy atom. The molecule has 86 valence electrons. The summed E-state index contributed by atoms with van der Waals surface area (Å²) < 4.78 is 25.1. The molecule has 1 saturated heterocycles. The predicted molar refractivity (Wildman–Crippen MR) is 52.7 cm³/mol. The molecule has 1 amide bonds. The largest absolute Gasteiger partial charge is 0.330 e. The van der Waals surface area contributed by atoms with Crippen LogP contribution in [0.15, 0.2) is 0 Å². The van der Waals surface area contributed by atoms with Crippen LogP contribution in [-0.4, -0.2) is 29.8 Å². The molecule has 15 heavy (non-hydrogen) atoms. The van der Waals surface area contributed by atoms with E-state index >= 15 is 0 Å². The zero-order valence-electron chi connectivity index (χ0n) is 8.85. The normalized spacial score (nSPS) is 26.1. The van der Waals surface area contributed by atoms with Crippen molar-refractivity contribution in [1.29, 1.82) is 0 Å². The zero-order chi connectivity index (χ0) is 10.9. The first-order chi connectivity index (χ1) is 7.07. The Labute approximate surface area is 88.6 Å². The molecule has 0 unspecified atom stereocenters. The van der Waals surface area contributed by atoms with Crippen molar-refractivity contribution in [2.45, 2.75) is 44.4 Å². The van der Waals surface area contributed by atoms with Gasteiger partial charge in [0.15, 0.2) is 0 Å². The SMILES string of the molecule is O=C(CC1CCCCC1)N1CC(F)(F)C1. The second-order valence-corrected chi connectivity index (χ2v) is 4.81. The van der Waals surface area contributed by atoms with E-state index in [1.165, 1.54) is 24.2 Å². The number of likely N-dealkylation sites (tertiary alicyclic amines) is 1. The van der Waals surface area contributed by atoms with Crippen molar-refractivity contribution < 1.29 is 13.6 Å². The summed E-state index contributed by atoms with van der Waals surface area (Å²) in [5.74, 6) is -2.25. The fraction of sp³-hybridized carbons (Fsp3) is 0.909. The molecule has 0 spiro atoms. The minimum Gasteiger partial charge on any atom is -0.330 e. The lowest BCUT2D eigenvalue weighted by Gasteiger charge is -2.39. The molecule has 1 aliphatic heterocycles. The molecule has 2 nitrogen and oxygen atoms in total. The summed E-state index contributed by atoms with van der Waals surface area (Å²) in [5.41, 5.74) is 0. The number of amides is 1. The quantitative estimate of drug-likeness (QED) is 0.695. The van der Waals surface area contributed by atoms with Crippen LogP contribution < -0.4 is 0 Å². The van der Waals surface area contributed by atoms with Crippen molar-refractivity contribution in [3.05, 3.63) is 0 Å². The van der Waals surface area contributed by atoms with Gasteiger partial charge in [-0.05, 0) is 18.8 Å². The molecule has 0 atom stereocenters. The van der Waals surface area contributed by atoms with E-state index in [0.29, 0.717) is 12.3 Å². The van der Waals surface area contributed by atoms with Crippen LogP contribution in [0.1, 0.15) is 38.5 Å². The molecule has 1 saturated carbocycles. The van der Waals surface area contributed by atoms with Gasteiger partial charge in [-0.15, -0.1) is 0 Å². The predicted octanol–water partition coefficient (Wildman–Crippen LogP) is 2.43. The van der Waals surface area contributed by atoms with Gasteiger partial charge >= 0.3 is 0 Å². The van der Waals surface area contributed by atoms with E-state index in [0.717, 1.165) is 12.8 Å². The fourth-order valence-corrected chi connectivity index (χ4v) is 2.46.